The summed E-state index contributed by atoms with van der Waals surface area (Å²) in [5.41, 5.74) is 1.85. The SMILES string of the molecule is CCCCc1c(CO)nnn1CCC. The number of nitrogens with zero attached hydrogens (tertiary/aromatic N) is 3. The lowest BCUT2D eigenvalue weighted by Crippen LogP contribution is -2.06. The quantitative estimate of drug-likeness (QED) is 0.752. The average Bonchev–Trinajstić information content (AvgIpc) is 2.58. The molecule has 0 bridgehead atoms. The van der Waals surface area contributed by atoms with Crippen LogP contribution in [0.25, 0.3) is 0 Å². The molecule has 4 nitrogen and oxygen atoms in total. The van der Waals surface area contributed by atoms with Gasteiger partial charge in [-0.25, -0.2) is 4.68 Å². The molecule has 0 radical (unpaired) electrons. The monoisotopic (exact) mass is 197 g/mol. The predicted octanol–water partition coefficient (Wildman–Crippen LogP) is 1.52. The number of hydrogen-bond donors (Lipinski definition) is 1. The normalized spacial score (nSPS) is 10.8. The molecule has 0 saturated carbocycles. The summed E-state index contributed by atoms with van der Waals surface area (Å²) in [6.07, 6.45) is 4.30. The third-order valence-electron chi connectivity index (χ3n) is 2.27. The standard InChI is InChI=1S/C10H19N3O/c1-3-5-6-10-9(8-14)11-12-13(10)7-4-2/h14H,3-8H2,1-2H3. The number of rotatable bonds is 6. The Balaban J connectivity index is 2.76. The van der Waals surface area contributed by atoms with E-state index in [4.69, 9.17) is 5.11 Å². The highest BCUT2D eigenvalue weighted by Gasteiger charge is 2.10. The molecule has 1 aromatic rings. The van der Waals surface area contributed by atoms with Crippen LogP contribution < -0.4 is 0 Å². The average molecular weight is 197 g/mol. The third kappa shape index (κ3) is 2.54. The fourth-order valence-corrected chi connectivity index (χ4v) is 1.50. The van der Waals surface area contributed by atoms with Gasteiger partial charge in [-0.05, 0) is 19.3 Å². The van der Waals surface area contributed by atoms with E-state index in [1.165, 1.54) is 0 Å². The highest BCUT2D eigenvalue weighted by molar-refractivity contribution is 5.09. The summed E-state index contributed by atoms with van der Waals surface area (Å²) < 4.78 is 1.92. The second-order valence-electron chi connectivity index (χ2n) is 3.47. The maximum atomic E-state index is 9.08. The molecular formula is C10H19N3O. The molecule has 80 valence electrons. The molecule has 0 spiro atoms. The van der Waals surface area contributed by atoms with E-state index in [2.05, 4.69) is 24.2 Å². The van der Waals surface area contributed by atoms with Crippen LogP contribution in [0, 0.1) is 0 Å². The van der Waals surface area contributed by atoms with Gasteiger partial charge in [0.05, 0.1) is 12.3 Å². The second-order valence-corrected chi connectivity index (χ2v) is 3.47. The molecule has 14 heavy (non-hydrogen) atoms. The van der Waals surface area contributed by atoms with Gasteiger partial charge in [-0.15, -0.1) is 5.10 Å². The lowest BCUT2D eigenvalue weighted by atomic mass is 10.1. The highest BCUT2D eigenvalue weighted by Crippen LogP contribution is 2.10. The Morgan fingerprint density at radius 3 is 2.64 bits per heavy atom. The number of hydrogen-bond acceptors (Lipinski definition) is 3. The van der Waals surface area contributed by atoms with Crippen LogP contribution in [-0.4, -0.2) is 20.1 Å². The van der Waals surface area contributed by atoms with Gasteiger partial charge in [0.15, 0.2) is 0 Å². The lowest BCUT2D eigenvalue weighted by Gasteiger charge is -2.04. The molecule has 1 heterocycles. The molecule has 1 N–H and O–H groups in total. The van der Waals surface area contributed by atoms with E-state index in [9.17, 15) is 0 Å². The fourth-order valence-electron chi connectivity index (χ4n) is 1.50. The molecule has 0 aliphatic rings. The third-order valence-corrected chi connectivity index (χ3v) is 2.27. The lowest BCUT2D eigenvalue weighted by molar-refractivity contribution is 0.275. The minimum atomic E-state index is 0.00274. The van der Waals surface area contributed by atoms with Gasteiger partial charge in [0, 0.05) is 6.54 Å². The van der Waals surface area contributed by atoms with E-state index in [0.717, 1.165) is 43.6 Å². The minimum absolute atomic E-state index is 0.00274. The molecule has 1 rings (SSSR count). The summed E-state index contributed by atoms with van der Waals surface area (Å²) in [6, 6.07) is 0. The van der Waals surface area contributed by atoms with Crippen molar-refractivity contribution in [3.63, 3.8) is 0 Å². The Morgan fingerprint density at radius 1 is 1.29 bits per heavy atom. The molecule has 0 fully saturated rings. The van der Waals surface area contributed by atoms with Crippen molar-refractivity contribution in [3.05, 3.63) is 11.4 Å². The summed E-state index contributed by atoms with van der Waals surface area (Å²) in [7, 11) is 0. The first-order valence-corrected chi connectivity index (χ1v) is 5.35. The minimum Gasteiger partial charge on any atom is -0.390 e. The fraction of sp³-hybridized carbons (Fsp3) is 0.800. The largest absolute Gasteiger partial charge is 0.390 e. The Bertz CT molecular complexity index is 270. The van der Waals surface area contributed by atoms with Gasteiger partial charge in [-0.3, -0.25) is 0 Å². The van der Waals surface area contributed by atoms with E-state index in [1.54, 1.807) is 0 Å². The Hall–Kier alpha value is -0.900. The van der Waals surface area contributed by atoms with Crippen molar-refractivity contribution in [3.8, 4) is 0 Å². The molecule has 0 aliphatic carbocycles. The first-order valence-electron chi connectivity index (χ1n) is 5.35. The van der Waals surface area contributed by atoms with Gasteiger partial charge in [-0.2, -0.15) is 0 Å². The van der Waals surface area contributed by atoms with Gasteiger partial charge in [0.25, 0.3) is 0 Å². The Morgan fingerprint density at radius 2 is 2.07 bits per heavy atom. The molecule has 4 heteroatoms. The van der Waals surface area contributed by atoms with E-state index >= 15 is 0 Å². The van der Waals surface area contributed by atoms with Crippen molar-refractivity contribution in [2.75, 3.05) is 0 Å². The smallest absolute Gasteiger partial charge is 0.111 e. The van der Waals surface area contributed by atoms with Crippen molar-refractivity contribution in [1.82, 2.24) is 15.0 Å². The summed E-state index contributed by atoms with van der Waals surface area (Å²) in [4.78, 5) is 0. The molecule has 1 aromatic heterocycles. The summed E-state index contributed by atoms with van der Waals surface area (Å²) in [5.74, 6) is 0. The predicted molar refractivity (Wildman–Crippen MR) is 54.8 cm³/mol. The molecule has 0 saturated heterocycles. The van der Waals surface area contributed by atoms with Gasteiger partial charge in [0.1, 0.15) is 5.69 Å². The van der Waals surface area contributed by atoms with Crippen LogP contribution in [0.4, 0.5) is 0 Å². The van der Waals surface area contributed by atoms with E-state index in [0.29, 0.717) is 0 Å². The van der Waals surface area contributed by atoms with Crippen LogP contribution in [0.5, 0.6) is 0 Å². The van der Waals surface area contributed by atoms with Crippen LogP contribution in [0.1, 0.15) is 44.5 Å². The zero-order valence-electron chi connectivity index (χ0n) is 9.03. The van der Waals surface area contributed by atoms with Crippen LogP contribution in [0.3, 0.4) is 0 Å². The molecule has 0 unspecified atom stereocenters. The maximum absolute atomic E-state index is 9.08. The Labute approximate surface area is 84.9 Å². The topological polar surface area (TPSA) is 50.9 Å². The Kier molecular flexibility index (Phi) is 4.59. The molecule has 0 aromatic carbocycles. The number of aliphatic hydroxyl groups is 1. The second kappa shape index (κ2) is 5.75. The summed E-state index contributed by atoms with van der Waals surface area (Å²) >= 11 is 0. The van der Waals surface area contributed by atoms with E-state index in [1.807, 2.05) is 4.68 Å². The van der Waals surface area contributed by atoms with Crippen molar-refractivity contribution >= 4 is 0 Å². The summed E-state index contributed by atoms with van der Waals surface area (Å²) in [5, 5.41) is 17.1. The van der Waals surface area contributed by atoms with Crippen molar-refractivity contribution < 1.29 is 5.11 Å². The molecule has 0 atom stereocenters. The zero-order valence-corrected chi connectivity index (χ0v) is 9.03. The first kappa shape index (κ1) is 11.2. The van der Waals surface area contributed by atoms with Crippen LogP contribution >= 0.6 is 0 Å². The number of aryl methyl sites for hydroxylation is 1. The van der Waals surface area contributed by atoms with Gasteiger partial charge >= 0.3 is 0 Å². The van der Waals surface area contributed by atoms with Crippen LogP contribution in [-0.2, 0) is 19.6 Å². The van der Waals surface area contributed by atoms with Crippen molar-refractivity contribution in [2.24, 2.45) is 0 Å². The van der Waals surface area contributed by atoms with Gasteiger partial charge in [-0.1, -0.05) is 25.5 Å². The zero-order chi connectivity index (χ0) is 10.4. The number of aromatic nitrogens is 3. The molecular weight excluding hydrogens is 178 g/mol. The maximum Gasteiger partial charge on any atom is 0.111 e. The molecule has 0 amide bonds. The van der Waals surface area contributed by atoms with Crippen LogP contribution in [0.2, 0.25) is 0 Å². The summed E-state index contributed by atoms with van der Waals surface area (Å²) in [6.45, 7) is 5.17. The van der Waals surface area contributed by atoms with E-state index < -0.39 is 0 Å². The number of unbranched alkanes of at least 4 members (excludes halogenated alkanes) is 1. The number of aliphatic hydroxyl groups excluding tert-OH is 1. The van der Waals surface area contributed by atoms with E-state index in [-0.39, 0.29) is 6.61 Å². The first-order chi connectivity index (χ1) is 6.83. The van der Waals surface area contributed by atoms with Crippen molar-refractivity contribution in [1.29, 1.82) is 0 Å². The van der Waals surface area contributed by atoms with Crippen LogP contribution in [0.15, 0.2) is 0 Å². The van der Waals surface area contributed by atoms with Crippen molar-refractivity contribution in [2.45, 2.75) is 52.7 Å². The van der Waals surface area contributed by atoms with Gasteiger partial charge in [0.2, 0.25) is 0 Å². The van der Waals surface area contributed by atoms with Gasteiger partial charge < -0.3 is 5.11 Å². The molecule has 0 aliphatic heterocycles. The highest BCUT2D eigenvalue weighted by atomic mass is 16.3.